The number of pyridine rings is 2. The first kappa shape index (κ1) is 21.0. The fourth-order valence-electron chi connectivity index (χ4n) is 3.59. The first-order chi connectivity index (χ1) is 14.9. The lowest BCUT2D eigenvalue weighted by atomic mass is 10.0. The molecule has 0 aliphatic carbocycles. The van der Waals surface area contributed by atoms with Crippen molar-refractivity contribution in [1.29, 1.82) is 0 Å². The minimum atomic E-state index is -4.42. The Morgan fingerprint density at radius 3 is 2.65 bits per heavy atom. The summed E-state index contributed by atoms with van der Waals surface area (Å²) in [4.78, 5) is 23.0. The molecule has 0 saturated carbocycles. The summed E-state index contributed by atoms with van der Waals surface area (Å²) in [7, 11) is 0. The summed E-state index contributed by atoms with van der Waals surface area (Å²) in [5, 5.41) is 0. The Bertz CT molecular complexity index is 1060. The first-order valence-electron chi connectivity index (χ1n) is 9.84. The monoisotopic (exact) mass is 427 g/mol. The van der Waals surface area contributed by atoms with Gasteiger partial charge in [0, 0.05) is 24.9 Å². The molecular formula is C23H20F3N3O2. The molecule has 0 N–H and O–H groups in total. The van der Waals surface area contributed by atoms with Crippen molar-refractivity contribution in [2.75, 3.05) is 19.7 Å². The van der Waals surface area contributed by atoms with Crippen LogP contribution < -0.4 is 0 Å². The number of halogens is 3. The molecule has 160 valence electrons. The summed E-state index contributed by atoms with van der Waals surface area (Å²) in [5.74, 6) is -0.191. The highest BCUT2D eigenvalue weighted by molar-refractivity contribution is 5.92. The molecule has 1 amide bonds. The summed E-state index contributed by atoms with van der Waals surface area (Å²) >= 11 is 0. The molecule has 3 heterocycles. The van der Waals surface area contributed by atoms with Crippen molar-refractivity contribution in [1.82, 2.24) is 14.9 Å². The Labute approximate surface area is 177 Å². The molecule has 1 aromatic carbocycles. The van der Waals surface area contributed by atoms with E-state index in [2.05, 4.69) is 9.97 Å². The summed E-state index contributed by atoms with van der Waals surface area (Å²) in [6, 6.07) is 15.8. The lowest BCUT2D eigenvalue weighted by Gasteiger charge is -2.32. The molecule has 1 aliphatic rings. The lowest BCUT2D eigenvalue weighted by Crippen LogP contribution is -2.42. The van der Waals surface area contributed by atoms with Gasteiger partial charge in [0.1, 0.15) is 11.8 Å². The van der Waals surface area contributed by atoms with E-state index in [4.69, 9.17) is 4.74 Å². The number of carbonyl (C=O) groups is 1. The highest BCUT2D eigenvalue weighted by Crippen LogP contribution is 2.33. The van der Waals surface area contributed by atoms with Crippen LogP contribution >= 0.6 is 0 Å². The van der Waals surface area contributed by atoms with Gasteiger partial charge >= 0.3 is 6.18 Å². The zero-order valence-corrected chi connectivity index (χ0v) is 16.5. The van der Waals surface area contributed by atoms with Gasteiger partial charge in [0.2, 0.25) is 0 Å². The average molecular weight is 427 g/mol. The maximum Gasteiger partial charge on any atom is 0.416 e. The lowest BCUT2D eigenvalue weighted by molar-refractivity contribution is -0.138. The molecule has 1 aliphatic heterocycles. The number of aromatic nitrogens is 2. The van der Waals surface area contributed by atoms with Crippen LogP contribution in [0.2, 0.25) is 0 Å². The van der Waals surface area contributed by atoms with Crippen LogP contribution in [0.1, 0.15) is 39.1 Å². The SMILES string of the molecule is O=C(c1ccccn1)N1CCO[C@H](c2cccc(Cc3ccccc3C(F)(F)F)n2)C1. The summed E-state index contributed by atoms with van der Waals surface area (Å²) < 4.78 is 45.7. The molecule has 0 radical (unpaired) electrons. The van der Waals surface area contributed by atoms with Gasteiger partial charge < -0.3 is 9.64 Å². The van der Waals surface area contributed by atoms with Gasteiger partial charge in [-0.25, -0.2) is 0 Å². The van der Waals surface area contributed by atoms with Crippen LogP contribution in [-0.2, 0) is 17.3 Å². The largest absolute Gasteiger partial charge is 0.416 e. The van der Waals surface area contributed by atoms with E-state index >= 15 is 0 Å². The Hall–Kier alpha value is -3.26. The van der Waals surface area contributed by atoms with E-state index in [1.165, 1.54) is 12.1 Å². The fraction of sp³-hybridized carbons (Fsp3) is 0.261. The fourth-order valence-corrected chi connectivity index (χ4v) is 3.59. The Kier molecular flexibility index (Phi) is 5.99. The van der Waals surface area contributed by atoms with Crippen molar-refractivity contribution in [3.8, 4) is 0 Å². The molecule has 1 saturated heterocycles. The Morgan fingerprint density at radius 2 is 1.87 bits per heavy atom. The molecule has 0 spiro atoms. The maximum atomic E-state index is 13.3. The second-order valence-electron chi connectivity index (χ2n) is 7.21. The third-order valence-corrected chi connectivity index (χ3v) is 5.09. The number of hydrogen-bond donors (Lipinski definition) is 0. The van der Waals surface area contributed by atoms with Gasteiger partial charge in [-0.05, 0) is 35.9 Å². The van der Waals surface area contributed by atoms with Crippen LogP contribution in [0, 0.1) is 0 Å². The van der Waals surface area contributed by atoms with E-state index in [9.17, 15) is 18.0 Å². The maximum absolute atomic E-state index is 13.3. The smallest absolute Gasteiger partial charge is 0.368 e. The van der Waals surface area contributed by atoms with Gasteiger partial charge in [-0.3, -0.25) is 14.8 Å². The van der Waals surface area contributed by atoms with Crippen molar-refractivity contribution in [3.63, 3.8) is 0 Å². The predicted octanol–water partition coefficient (Wildman–Crippen LogP) is 4.30. The molecule has 5 nitrogen and oxygen atoms in total. The van der Waals surface area contributed by atoms with Crippen LogP contribution in [0.3, 0.4) is 0 Å². The van der Waals surface area contributed by atoms with Crippen molar-refractivity contribution in [2.45, 2.75) is 18.7 Å². The third-order valence-electron chi connectivity index (χ3n) is 5.09. The number of alkyl halides is 3. The molecule has 0 bridgehead atoms. The number of amides is 1. The topological polar surface area (TPSA) is 55.3 Å². The first-order valence-corrected chi connectivity index (χ1v) is 9.84. The summed E-state index contributed by atoms with van der Waals surface area (Å²) in [6.07, 6.45) is -3.27. The van der Waals surface area contributed by atoms with Gasteiger partial charge in [0.15, 0.2) is 0 Å². The van der Waals surface area contributed by atoms with Crippen molar-refractivity contribution in [2.24, 2.45) is 0 Å². The van der Waals surface area contributed by atoms with Gasteiger partial charge in [-0.2, -0.15) is 13.2 Å². The molecule has 2 aromatic heterocycles. The minimum absolute atomic E-state index is 0.0484. The van der Waals surface area contributed by atoms with E-state index in [-0.39, 0.29) is 17.9 Å². The quantitative estimate of drug-likeness (QED) is 0.623. The van der Waals surface area contributed by atoms with E-state index < -0.39 is 17.8 Å². The average Bonchev–Trinajstić information content (AvgIpc) is 2.79. The Balaban J connectivity index is 1.52. The molecule has 4 rings (SSSR count). The van der Waals surface area contributed by atoms with Crippen molar-refractivity contribution < 1.29 is 22.7 Å². The van der Waals surface area contributed by atoms with E-state index in [1.54, 1.807) is 53.6 Å². The highest BCUT2D eigenvalue weighted by atomic mass is 19.4. The van der Waals surface area contributed by atoms with E-state index in [0.29, 0.717) is 36.8 Å². The van der Waals surface area contributed by atoms with Gasteiger partial charge in [-0.15, -0.1) is 0 Å². The second kappa shape index (κ2) is 8.85. The third kappa shape index (κ3) is 4.91. The van der Waals surface area contributed by atoms with Gasteiger partial charge in [0.05, 0.1) is 24.4 Å². The number of hydrogen-bond acceptors (Lipinski definition) is 4. The van der Waals surface area contributed by atoms with Crippen molar-refractivity contribution >= 4 is 5.91 Å². The van der Waals surface area contributed by atoms with Gasteiger partial charge in [0.25, 0.3) is 5.91 Å². The van der Waals surface area contributed by atoms with Gasteiger partial charge in [-0.1, -0.05) is 30.3 Å². The number of morpholine rings is 1. The normalized spacial score (nSPS) is 16.9. The van der Waals surface area contributed by atoms with Crippen molar-refractivity contribution in [3.05, 3.63) is 95.1 Å². The second-order valence-corrected chi connectivity index (χ2v) is 7.21. The molecular weight excluding hydrogens is 407 g/mol. The highest BCUT2D eigenvalue weighted by Gasteiger charge is 2.33. The molecule has 31 heavy (non-hydrogen) atoms. The van der Waals surface area contributed by atoms with Crippen LogP contribution in [0.25, 0.3) is 0 Å². The van der Waals surface area contributed by atoms with E-state index in [0.717, 1.165) is 6.07 Å². The zero-order valence-electron chi connectivity index (χ0n) is 16.5. The van der Waals surface area contributed by atoms with Crippen LogP contribution in [-0.4, -0.2) is 40.5 Å². The molecule has 1 atom stereocenters. The number of ether oxygens (including phenoxy) is 1. The molecule has 8 heteroatoms. The Morgan fingerprint density at radius 1 is 1.06 bits per heavy atom. The summed E-state index contributed by atoms with van der Waals surface area (Å²) in [5.41, 5.74) is 0.944. The zero-order chi connectivity index (χ0) is 21.8. The molecule has 0 unspecified atom stereocenters. The number of nitrogens with zero attached hydrogens (tertiary/aromatic N) is 3. The number of rotatable bonds is 4. The summed E-state index contributed by atoms with van der Waals surface area (Å²) in [6.45, 7) is 1.07. The van der Waals surface area contributed by atoms with Crippen LogP contribution in [0.15, 0.2) is 66.9 Å². The minimum Gasteiger partial charge on any atom is -0.368 e. The van der Waals surface area contributed by atoms with Crippen LogP contribution in [0.4, 0.5) is 13.2 Å². The number of carbonyl (C=O) groups excluding carboxylic acids is 1. The van der Waals surface area contributed by atoms with Crippen LogP contribution in [0.5, 0.6) is 0 Å². The number of benzene rings is 1. The van der Waals surface area contributed by atoms with E-state index in [1.807, 2.05) is 0 Å². The predicted molar refractivity (Wildman–Crippen MR) is 107 cm³/mol. The molecule has 3 aromatic rings. The standard InChI is InChI=1S/C23H20F3N3O2/c24-23(25,26)18-8-2-1-6-16(18)14-17-7-5-10-19(28-17)21-15-29(12-13-31-21)22(30)20-9-3-4-11-27-20/h1-11,21H,12-15H2/t21-/m0/s1. The molecule has 1 fully saturated rings.